The molecular formula is C30H28F3N3O5S. The molecule has 1 aliphatic rings. The van der Waals surface area contributed by atoms with Crippen LogP contribution in [0.5, 0.6) is 0 Å². The smallest absolute Gasteiger partial charge is 0.416 e. The van der Waals surface area contributed by atoms with Gasteiger partial charge in [0.15, 0.2) is 0 Å². The molecule has 0 radical (unpaired) electrons. The average Bonchev–Trinajstić information content (AvgIpc) is 3.64. The molecule has 42 heavy (non-hydrogen) atoms. The highest BCUT2D eigenvalue weighted by Gasteiger charge is 2.41. The molecule has 2 amide bonds. The predicted molar refractivity (Wildman–Crippen MR) is 150 cm³/mol. The zero-order chi connectivity index (χ0) is 30.2. The maximum Gasteiger partial charge on any atom is 0.416 e. The van der Waals surface area contributed by atoms with Crippen LogP contribution < -0.4 is 5.32 Å². The number of alkyl halides is 3. The minimum absolute atomic E-state index is 0.0118. The van der Waals surface area contributed by atoms with Crippen molar-refractivity contribution in [2.45, 2.75) is 36.7 Å². The number of sulfonamides is 1. The summed E-state index contributed by atoms with van der Waals surface area (Å²) in [5.74, 6) is -0.824. The monoisotopic (exact) mass is 599 g/mol. The Labute approximate surface area is 240 Å². The minimum atomic E-state index is -4.50. The van der Waals surface area contributed by atoms with E-state index in [1.165, 1.54) is 23.1 Å². The summed E-state index contributed by atoms with van der Waals surface area (Å²) in [4.78, 5) is 27.4. The van der Waals surface area contributed by atoms with Crippen molar-refractivity contribution in [3.05, 3.63) is 89.5 Å². The molecule has 1 aliphatic heterocycles. The number of nitrogens with zero attached hydrogens (tertiary/aromatic N) is 2. The first kappa shape index (κ1) is 29.3. The van der Waals surface area contributed by atoms with Crippen molar-refractivity contribution in [1.29, 1.82) is 0 Å². The third-order valence-electron chi connectivity index (χ3n) is 7.18. The van der Waals surface area contributed by atoms with Gasteiger partial charge in [-0.25, -0.2) is 8.42 Å². The zero-order valence-electron chi connectivity index (χ0n) is 22.8. The van der Waals surface area contributed by atoms with Gasteiger partial charge < -0.3 is 14.6 Å². The third kappa shape index (κ3) is 5.77. The Balaban J connectivity index is 1.36. The summed E-state index contributed by atoms with van der Waals surface area (Å²) in [6.07, 6.45) is -3.67. The molecule has 4 aromatic rings. The minimum Gasteiger partial charge on any atom is -0.443 e. The van der Waals surface area contributed by atoms with Gasteiger partial charge in [-0.3, -0.25) is 9.59 Å². The third-order valence-corrected chi connectivity index (χ3v) is 8.95. The molecule has 0 saturated carbocycles. The maximum atomic E-state index is 13.4. The topological polar surface area (TPSA) is 99.9 Å². The standard InChI is InChI=1S/C30H28F3N3O5S/c1-35(2)29(38)23-14-9-19(16-24(23)20-10-12-22(13-11-20)30(31,32)33)18-34-28(37)25-7-5-15-36(25)42(39,40)27-17-21-6-3-4-8-26(21)41-27/h3-4,6,8-14,16-17,25H,5,7,15,18H2,1-2H3,(H,34,37)/t25-/m0/s1. The van der Waals surface area contributed by atoms with Crippen LogP contribution in [0.1, 0.15) is 34.3 Å². The Morgan fingerprint density at radius 3 is 2.40 bits per heavy atom. The lowest BCUT2D eigenvalue weighted by Crippen LogP contribution is -2.45. The Bertz CT molecular complexity index is 1720. The van der Waals surface area contributed by atoms with E-state index in [-0.39, 0.29) is 29.7 Å². The molecule has 1 N–H and O–H groups in total. The van der Waals surface area contributed by atoms with Gasteiger partial charge >= 0.3 is 6.18 Å². The normalized spacial score (nSPS) is 16.1. The molecule has 0 unspecified atom stereocenters. The number of furan rings is 1. The maximum absolute atomic E-state index is 13.4. The van der Waals surface area contributed by atoms with Crippen molar-refractivity contribution < 1.29 is 35.6 Å². The van der Waals surface area contributed by atoms with Crippen LogP contribution >= 0.6 is 0 Å². The number of fused-ring (bicyclic) bond motifs is 1. The first-order valence-corrected chi connectivity index (χ1v) is 14.6. The predicted octanol–water partition coefficient (Wildman–Crippen LogP) is 5.29. The van der Waals surface area contributed by atoms with Gasteiger partial charge in [0.2, 0.25) is 11.0 Å². The van der Waals surface area contributed by atoms with Crippen molar-refractivity contribution in [2.24, 2.45) is 0 Å². The molecule has 1 atom stereocenters. The summed E-state index contributed by atoms with van der Waals surface area (Å²) in [5, 5.41) is 3.19. The number of hydrogen-bond donors (Lipinski definition) is 1. The number of nitrogens with one attached hydrogen (secondary N) is 1. The molecule has 12 heteroatoms. The second kappa shape index (κ2) is 11.3. The van der Waals surface area contributed by atoms with E-state index in [2.05, 4.69) is 5.32 Å². The lowest BCUT2D eigenvalue weighted by atomic mass is 9.95. The van der Waals surface area contributed by atoms with Crippen molar-refractivity contribution in [2.75, 3.05) is 20.6 Å². The number of carbonyl (C=O) groups excluding carboxylic acids is 2. The van der Waals surface area contributed by atoms with Crippen LogP contribution in [0, 0.1) is 0 Å². The van der Waals surface area contributed by atoms with Crippen LogP contribution in [0.3, 0.4) is 0 Å². The van der Waals surface area contributed by atoms with E-state index in [1.807, 2.05) is 0 Å². The molecule has 1 fully saturated rings. The number of hydrogen-bond acceptors (Lipinski definition) is 5. The number of para-hydroxylation sites is 1. The van der Waals surface area contributed by atoms with Crippen molar-refractivity contribution in [3.8, 4) is 11.1 Å². The van der Waals surface area contributed by atoms with Gasteiger partial charge in [0, 0.05) is 44.2 Å². The van der Waals surface area contributed by atoms with Crippen LogP contribution in [0.2, 0.25) is 0 Å². The fourth-order valence-corrected chi connectivity index (χ4v) is 6.61. The molecule has 5 rings (SSSR count). The summed E-state index contributed by atoms with van der Waals surface area (Å²) in [5.41, 5.74) is 1.29. The largest absolute Gasteiger partial charge is 0.443 e. The molecule has 1 saturated heterocycles. The highest BCUT2D eigenvalue weighted by Crippen LogP contribution is 2.33. The van der Waals surface area contributed by atoms with Crippen LogP contribution in [-0.2, 0) is 27.5 Å². The summed E-state index contributed by atoms with van der Waals surface area (Å²) in [6, 6.07) is 16.7. The molecule has 0 aliphatic carbocycles. The Morgan fingerprint density at radius 1 is 1.02 bits per heavy atom. The average molecular weight is 600 g/mol. The van der Waals surface area contributed by atoms with Crippen LogP contribution in [0.25, 0.3) is 22.1 Å². The van der Waals surface area contributed by atoms with E-state index in [0.717, 1.165) is 16.4 Å². The van der Waals surface area contributed by atoms with E-state index in [0.29, 0.717) is 40.5 Å². The highest BCUT2D eigenvalue weighted by molar-refractivity contribution is 7.89. The summed E-state index contributed by atoms with van der Waals surface area (Å²) in [7, 11) is -0.936. The number of rotatable bonds is 7. The van der Waals surface area contributed by atoms with Crippen molar-refractivity contribution >= 4 is 32.8 Å². The fraction of sp³-hybridized carbons (Fsp3) is 0.267. The number of carbonyl (C=O) groups is 2. The van der Waals surface area contributed by atoms with Gasteiger partial charge in [-0.1, -0.05) is 36.4 Å². The molecule has 0 spiro atoms. The van der Waals surface area contributed by atoms with E-state index >= 15 is 0 Å². The van der Waals surface area contributed by atoms with E-state index in [4.69, 9.17) is 4.42 Å². The molecular weight excluding hydrogens is 571 g/mol. The van der Waals surface area contributed by atoms with Gasteiger partial charge in [0.1, 0.15) is 11.6 Å². The molecule has 8 nitrogen and oxygen atoms in total. The molecule has 1 aromatic heterocycles. The first-order valence-electron chi connectivity index (χ1n) is 13.2. The lowest BCUT2D eigenvalue weighted by molar-refractivity contribution is -0.137. The number of amides is 2. The summed E-state index contributed by atoms with van der Waals surface area (Å²) in [6.45, 7) is 0.175. The van der Waals surface area contributed by atoms with Crippen LogP contribution in [0.4, 0.5) is 13.2 Å². The molecule has 3 aromatic carbocycles. The number of halogens is 3. The zero-order valence-corrected chi connectivity index (χ0v) is 23.6. The van der Waals surface area contributed by atoms with E-state index in [1.54, 1.807) is 56.6 Å². The molecule has 220 valence electrons. The van der Waals surface area contributed by atoms with Crippen molar-refractivity contribution in [1.82, 2.24) is 14.5 Å². The quantitative estimate of drug-likeness (QED) is 0.311. The molecule has 2 heterocycles. The van der Waals surface area contributed by atoms with Crippen LogP contribution in [0.15, 0.2) is 82.3 Å². The Morgan fingerprint density at radius 2 is 1.74 bits per heavy atom. The highest BCUT2D eigenvalue weighted by atomic mass is 32.2. The summed E-state index contributed by atoms with van der Waals surface area (Å²) >= 11 is 0. The van der Waals surface area contributed by atoms with E-state index < -0.39 is 33.7 Å². The number of benzene rings is 3. The van der Waals surface area contributed by atoms with Gasteiger partial charge in [0.05, 0.1) is 5.56 Å². The lowest BCUT2D eigenvalue weighted by Gasteiger charge is -2.22. The molecule has 0 bridgehead atoms. The SMILES string of the molecule is CN(C)C(=O)c1ccc(CNC(=O)[C@@H]2CCCN2S(=O)(=O)c2cc3ccccc3o2)cc1-c1ccc(C(F)(F)F)cc1. The van der Waals surface area contributed by atoms with Crippen LogP contribution in [-0.4, -0.2) is 56.1 Å². The second-order valence-electron chi connectivity index (χ2n) is 10.2. The van der Waals surface area contributed by atoms with Gasteiger partial charge in [-0.15, -0.1) is 0 Å². The fourth-order valence-electron chi connectivity index (χ4n) is 5.00. The van der Waals surface area contributed by atoms with Gasteiger partial charge in [0.25, 0.3) is 15.9 Å². The summed E-state index contributed by atoms with van der Waals surface area (Å²) < 4.78 is 72.8. The van der Waals surface area contributed by atoms with E-state index in [9.17, 15) is 31.2 Å². The van der Waals surface area contributed by atoms with Gasteiger partial charge in [-0.2, -0.15) is 17.5 Å². The first-order chi connectivity index (χ1) is 19.9. The Kier molecular flexibility index (Phi) is 7.86. The van der Waals surface area contributed by atoms with Gasteiger partial charge in [-0.05, 0) is 59.9 Å². The van der Waals surface area contributed by atoms with Crippen molar-refractivity contribution in [3.63, 3.8) is 0 Å². The Hall–Kier alpha value is -4.16. The second-order valence-corrected chi connectivity index (χ2v) is 12.1.